The smallest absolute Gasteiger partial charge is 0.345 e. The highest BCUT2D eigenvalue weighted by atomic mass is 32.2. The lowest BCUT2D eigenvalue weighted by molar-refractivity contribution is 0.596. The zero-order valence-electron chi connectivity index (χ0n) is 13.0. The zero-order chi connectivity index (χ0) is 18.0. The maximum atomic E-state index is 11.5. The molecule has 12 heteroatoms. The Kier molecular flexibility index (Phi) is 4.37. The molecule has 2 heterocycles. The predicted molar refractivity (Wildman–Crippen MR) is 99.5 cm³/mol. The molecular weight excluding hydrogens is 364 g/mol. The maximum absolute atomic E-state index is 11.5. The Morgan fingerprint density at radius 2 is 2.16 bits per heavy atom. The van der Waals surface area contributed by atoms with Crippen LogP contribution >= 0.6 is 11.3 Å². The maximum Gasteiger partial charge on any atom is 0.345 e. The minimum Gasteiger partial charge on any atom is -0.370 e. The van der Waals surface area contributed by atoms with Crippen molar-refractivity contribution in [3.8, 4) is 11.3 Å². The number of hydrogen-bond acceptors (Lipinski definition) is 7. The Morgan fingerprint density at radius 1 is 1.36 bits per heavy atom. The Balaban J connectivity index is 1.88. The number of amidine groups is 2. The number of rotatable bonds is 3. The summed E-state index contributed by atoms with van der Waals surface area (Å²) in [7, 11) is -2.28. The van der Waals surface area contributed by atoms with Gasteiger partial charge in [-0.05, 0) is 12.1 Å². The summed E-state index contributed by atoms with van der Waals surface area (Å²) in [6.07, 6.45) is 0. The second-order valence-electron chi connectivity index (χ2n) is 4.85. The third-order valence-electron chi connectivity index (χ3n) is 3.02. The first-order valence-corrected chi connectivity index (χ1v) is 9.21. The number of anilines is 1. The lowest BCUT2D eigenvalue weighted by Gasteiger charge is -2.06. The molecule has 1 aliphatic rings. The van der Waals surface area contributed by atoms with Crippen molar-refractivity contribution >= 4 is 50.0 Å². The van der Waals surface area contributed by atoms with Gasteiger partial charge in [0.2, 0.25) is 5.13 Å². The fourth-order valence-corrected chi connectivity index (χ4v) is 3.61. The van der Waals surface area contributed by atoms with Crippen molar-refractivity contribution in [3.63, 3.8) is 0 Å². The van der Waals surface area contributed by atoms with Crippen LogP contribution < -0.4 is 21.5 Å². The summed E-state index contributed by atoms with van der Waals surface area (Å²) in [5.41, 5.74) is 12.8. The molecule has 0 fully saturated rings. The fourth-order valence-electron chi connectivity index (χ4n) is 2.04. The van der Waals surface area contributed by atoms with E-state index in [1.54, 1.807) is 18.2 Å². The number of thiazole rings is 1. The van der Waals surface area contributed by atoms with Gasteiger partial charge in [0.25, 0.3) is 0 Å². The lowest BCUT2D eigenvalue weighted by Crippen LogP contribution is -2.30. The molecule has 0 saturated heterocycles. The molecule has 1 aromatic heterocycles. The highest BCUT2D eigenvalue weighted by Crippen LogP contribution is 2.28. The second-order valence-corrected chi connectivity index (χ2v) is 7.02. The van der Waals surface area contributed by atoms with Gasteiger partial charge in [0.05, 0.1) is 5.69 Å². The number of aromatic nitrogens is 1. The van der Waals surface area contributed by atoms with Gasteiger partial charge in [-0.3, -0.25) is 4.99 Å². The number of nitrogens with zero attached hydrogens (tertiary/aromatic N) is 4. The van der Waals surface area contributed by atoms with E-state index in [0.717, 1.165) is 5.56 Å². The van der Waals surface area contributed by atoms with Crippen LogP contribution in [0.4, 0.5) is 10.8 Å². The second kappa shape index (κ2) is 6.49. The first-order chi connectivity index (χ1) is 11.9. The van der Waals surface area contributed by atoms with Crippen LogP contribution in [0.2, 0.25) is 0 Å². The number of hydrogen-bond donors (Lipinski definition) is 4. The Bertz CT molecular complexity index is 1000. The molecule has 1 aromatic carbocycles. The van der Waals surface area contributed by atoms with E-state index in [0.29, 0.717) is 16.5 Å². The van der Waals surface area contributed by atoms with Gasteiger partial charge in [-0.1, -0.05) is 12.1 Å². The highest BCUT2D eigenvalue weighted by Gasteiger charge is 2.25. The monoisotopic (exact) mass is 378 g/mol. The predicted octanol–water partition coefficient (Wildman–Crippen LogP) is 0.402. The van der Waals surface area contributed by atoms with Crippen LogP contribution in [-0.4, -0.2) is 38.1 Å². The first kappa shape index (κ1) is 16.9. The first-order valence-electron chi connectivity index (χ1n) is 6.89. The SMILES string of the molecule is CN=C1NS(=O)(=O)N=C1Nc1cccc(-c2csc(N=C(N)N)n2)c1. The van der Waals surface area contributed by atoms with Crippen LogP contribution in [0.1, 0.15) is 0 Å². The van der Waals surface area contributed by atoms with Crippen molar-refractivity contribution in [1.82, 2.24) is 9.71 Å². The molecule has 25 heavy (non-hydrogen) atoms. The molecule has 130 valence electrons. The minimum atomic E-state index is -3.75. The Morgan fingerprint density at radius 3 is 2.88 bits per heavy atom. The van der Waals surface area contributed by atoms with Crippen LogP contribution in [0.15, 0.2) is 44.0 Å². The summed E-state index contributed by atoms with van der Waals surface area (Å²) in [5, 5.41) is 5.20. The van der Waals surface area contributed by atoms with Crippen molar-refractivity contribution in [2.45, 2.75) is 0 Å². The molecule has 0 unspecified atom stereocenters. The van der Waals surface area contributed by atoms with Crippen molar-refractivity contribution < 1.29 is 8.42 Å². The van der Waals surface area contributed by atoms with E-state index in [9.17, 15) is 8.42 Å². The highest BCUT2D eigenvalue weighted by molar-refractivity contribution is 7.89. The molecule has 1 aliphatic heterocycles. The molecule has 0 aliphatic carbocycles. The number of aliphatic imine (C=N–C) groups is 2. The summed E-state index contributed by atoms with van der Waals surface area (Å²) >= 11 is 1.30. The Labute approximate surface area is 147 Å². The van der Waals surface area contributed by atoms with E-state index in [4.69, 9.17) is 11.5 Å². The fraction of sp³-hybridized carbons (Fsp3) is 0.0769. The standard InChI is InChI=1S/C13H14N8O2S2/c1-16-10-11(21-25(22,23)20-10)17-8-4-2-3-7(5-8)9-6-24-13(18-9)19-12(14)15/h2-6H,1H3,(H,16,20)(H,17,21)(H4,14,15,18,19). The summed E-state index contributed by atoms with van der Waals surface area (Å²) in [6.45, 7) is 0. The van der Waals surface area contributed by atoms with E-state index in [-0.39, 0.29) is 17.6 Å². The average Bonchev–Trinajstić information content (AvgIpc) is 3.11. The molecular formula is C13H14N8O2S2. The van der Waals surface area contributed by atoms with Gasteiger partial charge in [-0.2, -0.15) is 13.4 Å². The van der Waals surface area contributed by atoms with Gasteiger partial charge >= 0.3 is 10.2 Å². The molecule has 0 spiro atoms. The molecule has 0 atom stereocenters. The van der Waals surface area contributed by atoms with Crippen LogP contribution in [0.3, 0.4) is 0 Å². The molecule has 0 amide bonds. The van der Waals surface area contributed by atoms with Crippen LogP contribution in [0.5, 0.6) is 0 Å². The summed E-state index contributed by atoms with van der Waals surface area (Å²) < 4.78 is 28.8. The number of nitrogens with two attached hydrogens (primary N) is 2. The lowest BCUT2D eigenvalue weighted by atomic mass is 10.1. The van der Waals surface area contributed by atoms with Crippen molar-refractivity contribution in [3.05, 3.63) is 29.6 Å². The summed E-state index contributed by atoms with van der Waals surface area (Å²) in [6, 6.07) is 7.24. The van der Waals surface area contributed by atoms with E-state index in [1.165, 1.54) is 18.4 Å². The van der Waals surface area contributed by atoms with Crippen molar-refractivity contribution in [2.75, 3.05) is 12.4 Å². The minimum absolute atomic E-state index is 0.0596. The van der Waals surface area contributed by atoms with Crippen LogP contribution in [0.25, 0.3) is 11.3 Å². The number of guanidine groups is 1. The summed E-state index contributed by atoms with van der Waals surface area (Å²) in [5.74, 6) is 0.212. The topological polar surface area (TPSA) is 160 Å². The zero-order valence-corrected chi connectivity index (χ0v) is 14.6. The largest absolute Gasteiger partial charge is 0.370 e. The van der Waals surface area contributed by atoms with Gasteiger partial charge in [0.15, 0.2) is 17.6 Å². The average molecular weight is 378 g/mol. The Hall–Kier alpha value is -2.99. The molecule has 2 aromatic rings. The molecule has 0 saturated carbocycles. The molecule has 0 bridgehead atoms. The van der Waals surface area contributed by atoms with Gasteiger partial charge in [0, 0.05) is 23.7 Å². The van der Waals surface area contributed by atoms with E-state index in [2.05, 4.69) is 29.4 Å². The molecule has 6 N–H and O–H groups in total. The van der Waals surface area contributed by atoms with E-state index >= 15 is 0 Å². The van der Waals surface area contributed by atoms with Crippen LogP contribution in [0, 0.1) is 0 Å². The third kappa shape index (κ3) is 3.92. The van der Waals surface area contributed by atoms with Gasteiger partial charge in [-0.25, -0.2) is 9.71 Å². The summed E-state index contributed by atoms with van der Waals surface area (Å²) in [4.78, 5) is 12.1. The quantitative estimate of drug-likeness (QED) is 0.447. The van der Waals surface area contributed by atoms with Gasteiger partial charge in [0.1, 0.15) is 0 Å². The third-order valence-corrected chi connectivity index (χ3v) is 4.63. The van der Waals surface area contributed by atoms with Gasteiger partial charge < -0.3 is 16.8 Å². The van der Waals surface area contributed by atoms with Crippen molar-refractivity contribution in [2.24, 2.45) is 25.8 Å². The van der Waals surface area contributed by atoms with Gasteiger partial charge in [-0.15, -0.1) is 15.7 Å². The molecule has 0 radical (unpaired) electrons. The van der Waals surface area contributed by atoms with Crippen molar-refractivity contribution in [1.29, 1.82) is 0 Å². The number of nitrogens with one attached hydrogen (secondary N) is 2. The molecule has 3 rings (SSSR count). The van der Waals surface area contributed by atoms with E-state index < -0.39 is 10.2 Å². The van der Waals surface area contributed by atoms with Crippen LogP contribution in [-0.2, 0) is 10.2 Å². The molecule has 10 nitrogen and oxygen atoms in total. The number of benzene rings is 1. The van der Waals surface area contributed by atoms with E-state index in [1.807, 2.05) is 11.4 Å². The normalized spacial score (nSPS) is 17.0.